The van der Waals surface area contributed by atoms with Crippen LogP contribution >= 0.6 is 0 Å². The Kier molecular flexibility index (Phi) is 4.88. The Hall–Kier alpha value is -1.56. The van der Waals surface area contributed by atoms with Crippen LogP contribution in [0.5, 0.6) is 0 Å². The third kappa shape index (κ3) is 3.20. The molecule has 2 aromatic rings. The number of aryl methyl sites for hydroxylation is 1. The molecule has 0 heteroatoms. The van der Waals surface area contributed by atoms with E-state index in [1.54, 1.807) is 0 Å². The molecule has 21 heavy (non-hydrogen) atoms. The Morgan fingerprint density at radius 3 is 1.67 bits per heavy atom. The average molecular weight is 280 g/mol. The van der Waals surface area contributed by atoms with E-state index in [1.807, 2.05) is 0 Å². The Balaban J connectivity index is 2.39. The predicted molar refractivity (Wildman–Crippen MR) is 93.1 cm³/mol. The van der Waals surface area contributed by atoms with Gasteiger partial charge >= 0.3 is 0 Å². The minimum Gasteiger partial charge on any atom is -0.0642 e. The predicted octanol–water partition coefficient (Wildman–Crippen LogP) is 6.09. The molecule has 0 aliphatic carbocycles. The van der Waals surface area contributed by atoms with Gasteiger partial charge in [0.15, 0.2) is 0 Å². The molecule has 0 spiro atoms. The van der Waals surface area contributed by atoms with Gasteiger partial charge in [0, 0.05) is 5.41 Å². The van der Waals surface area contributed by atoms with Crippen molar-refractivity contribution < 1.29 is 0 Å². The largest absolute Gasteiger partial charge is 0.0642 e. The summed E-state index contributed by atoms with van der Waals surface area (Å²) >= 11 is 0. The second kappa shape index (κ2) is 6.47. The number of rotatable bonds is 5. The van der Waals surface area contributed by atoms with Crippen LogP contribution in [0, 0.1) is 0 Å². The van der Waals surface area contributed by atoms with Crippen molar-refractivity contribution in [3.8, 4) is 0 Å². The molecule has 2 aromatic carbocycles. The van der Waals surface area contributed by atoms with Crippen molar-refractivity contribution in [2.24, 2.45) is 0 Å². The van der Waals surface area contributed by atoms with Crippen LogP contribution in [0.4, 0.5) is 0 Å². The van der Waals surface area contributed by atoms with Crippen LogP contribution in [-0.4, -0.2) is 0 Å². The van der Waals surface area contributed by atoms with Gasteiger partial charge in [0.1, 0.15) is 0 Å². The van der Waals surface area contributed by atoms with Gasteiger partial charge in [-0.15, -0.1) is 0 Å². The lowest BCUT2D eigenvalue weighted by molar-refractivity contribution is 0.549. The van der Waals surface area contributed by atoms with Crippen LogP contribution in [0.3, 0.4) is 0 Å². The highest BCUT2D eigenvalue weighted by Gasteiger charge is 2.26. The van der Waals surface area contributed by atoms with Gasteiger partial charge in [0.2, 0.25) is 0 Å². The Bertz CT molecular complexity index is 560. The van der Waals surface area contributed by atoms with Crippen LogP contribution in [-0.2, 0) is 11.8 Å². The highest BCUT2D eigenvalue weighted by molar-refractivity contribution is 5.40. The zero-order valence-corrected chi connectivity index (χ0v) is 14.1. The van der Waals surface area contributed by atoms with E-state index in [4.69, 9.17) is 0 Å². The highest BCUT2D eigenvalue weighted by atomic mass is 14.3. The van der Waals surface area contributed by atoms with Gasteiger partial charge in [-0.3, -0.25) is 0 Å². The molecule has 0 fully saturated rings. The molecular weight excluding hydrogens is 252 g/mol. The molecule has 1 atom stereocenters. The molecule has 0 N–H and O–H groups in total. The summed E-state index contributed by atoms with van der Waals surface area (Å²) in [5.41, 5.74) is 5.76. The van der Waals surface area contributed by atoms with Gasteiger partial charge in [-0.1, -0.05) is 83.1 Å². The van der Waals surface area contributed by atoms with E-state index in [0.717, 1.165) is 12.8 Å². The van der Waals surface area contributed by atoms with Crippen molar-refractivity contribution in [3.05, 3.63) is 70.8 Å². The molecule has 0 radical (unpaired) electrons. The molecule has 0 heterocycles. The van der Waals surface area contributed by atoms with E-state index < -0.39 is 0 Å². The van der Waals surface area contributed by atoms with Gasteiger partial charge in [0.25, 0.3) is 0 Å². The van der Waals surface area contributed by atoms with Crippen LogP contribution in [0.25, 0.3) is 0 Å². The molecule has 112 valence electrons. The minimum absolute atomic E-state index is 0.0990. The van der Waals surface area contributed by atoms with E-state index >= 15 is 0 Å². The second-order valence-corrected chi connectivity index (χ2v) is 6.51. The average Bonchev–Trinajstić information content (AvgIpc) is 2.54. The topological polar surface area (TPSA) is 0 Å². The van der Waals surface area contributed by atoms with Crippen LogP contribution in [0.1, 0.15) is 69.2 Å². The first-order chi connectivity index (χ1) is 10.0. The standard InChI is InChI=1S/C21H28/c1-6-17-8-12-19(13-9-17)21(5,7-2)20-14-10-18(11-15-20)16(3)4/h8-16H,6-7H2,1-5H3. The summed E-state index contributed by atoms with van der Waals surface area (Å²) in [5.74, 6) is 0.593. The van der Waals surface area contributed by atoms with Gasteiger partial charge in [-0.05, 0) is 41.0 Å². The fourth-order valence-electron chi connectivity index (χ4n) is 2.92. The maximum atomic E-state index is 2.36. The summed E-state index contributed by atoms with van der Waals surface area (Å²) in [6, 6.07) is 18.3. The third-order valence-electron chi connectivity index (χ3n) is 4.92. The molecule has 0 aromatic heterocycles. The summed E-state index contributed by atoms with van der Waals surface area (Å²) in [6.45, 7) is 11.3. The van der Waals surface area contributed by atoms with E-state index in [-0.39, 0.29) is 5.41 Å². The lowest BCUT2D eigenvalue weighted by atomic mass is 9.74. The first-order valence-corrected chi connectivity index (χ1v) is 8.21. The Labute approximate surface area is 130 Å². The van der Waals surface area contributed by atoms with Crippen LogP contribution in [0.15, 0.2) is 48.5 Å². The first kappa shape index (κ1) is 15.8. The third-order valence-corrected chi connectivity index (χ3v) is 4.92. The maximum absolute atomic E-state index is 2.36. The van der Waals surface area contributed by atoms with Crippen molar-refractivity contribution >= 4 is 0 Å². The van der Waals surface area contributed by atoms with Gasteiger partial charge in [0.05, 0.1) is 0 Å². The number of benzene rings is 2. The van der Waals surface area contributed by atoms with Crippen LogP contribution < -0.4 is 0 Å². The maximum Gasteiger partial charge on any atom is 0.0172 e. The summed E-state index contributed by atoms with van der Waals surface area (Å²) in [4.78, 5) is 0. The summed E-state index contributed by atoms with van der Waals surface area (Å²) in [7, 11) is 0. The zero-order valence-electron chi connectivity index (χ0n) is 14.1. The second-order valence-electron chi connectivity index (χ2n) is 6.51. The molecular formula is C21H28. The van der Waals surface area contributed by atoms with Crippen molar-refractivity contribution in [2.75, 3.05) is 0 Å². The van der Waals surface area contributed by atoms with Crippen LogP contribution in [0.2, 0.25) is 0 Å². The monoisotopic (exact) mass is 280 g/mol. The van der Waals surface area contributed by atoms with E-state index in [0.29, 0.717) is 5.92 Å². The van der Waals surface area contributed by atoms with E-state index in [9.17, 15) is 0 Å². The Morgan fingerprint density at radius 2 is 1.29 bits per heavy atom. The van der Waals surface area contributed by atoms with Gasteiger partial charge < -0.3 is 0 Å². The van der Waals surface area contributed by atoms with Crippen molar-refractivity contribution in [1.29, 1.82) is 0 Å². The molecule has 0 nitrogen and oxygen atoms in total. The first-order valence-electron chi connectivity index (χ1n) is 8.21. The summed E-state index contributed by atoms with van der Waals surface area (Å²) in [5, 5.41) is 0. The van der Waals surface area contributed by atoms with Crippen molar-refractivity contribution in [2.45, 2.75) is 58.8 Å². The normalized spacial score (nSPS) is 14.2. The Morgan fingerprint density at radius 1 is 0.810 bits per heavy atom. The molecule has 0 amide bonds. The van der Waals surface area contributed by atoms with E-state index in [2.05, 4.69) is 83.1 Å². The summed E-state index contributed by atoms with van der Waals surface area (Å²) in [6.07, 6.45) is 2.21. The number of hydrogen-bond donors (Lipinski definition) is 0. The van der Waals surface area contributed by atoms with Crippen molar-refractivity contribution in [3.63, 3.8) is 0 Å². The van der Waals surface area contributed by atoms with Gasteiger partial charge in [-0.2, -0.15) is 0 Å². The minimum atomic E-state index is 0.0990. The lowest BCUT2D eigenvalue weighted by Gasteiger charge is -2.30. The molecule has 2 rings (SSSR count). The summed E-state index contributed by atoms with van der Waals surface area (Å²) < 4.78 is 0. The van der Waals surface area contributed by atoms with Crippen molar-refractivity contribution in [1.82, 2.24) is 0 Å². The molecule has 0 aliphatic heterocycles. The lowest BCUT2D eigenvalue weighted by Crippen LogP contribution is -2.22. The number of hydrogen-bond acceptors (Lipinski definition) is 0. The molecule has 0 saturated heterocycles. The smallest absolute Gasteiger partial charge is 0.0172 e. The highest BCUT2D eigenvalue weighted by Crippen LogP contribution is 2.35. The molecule has 0 saturated carbocycles. The molecule has 0 aliphatic rings. The fourth-order valence-corrected chi connectivity index (χ4v) is 2.92. The van der Waals surface area contributed by atoms with Gasteiger partial charge in [-0.25, -0.2) is 0 Å². The fraction of sp³-hybridized carbons (Fsp3) is 0.429. The quantitative estimate of drug-likeness (QED) is 0.622. The van der Waals surface area contributed by atoms with E-state index in [1.165, 1.54) is 22.3 Å². The molecule has 1 unspecified atom stereocenters. The zero-order chi connectivity index (χ0) is 15.5. The SMILES string of the molecule is CCc1ccc(C(C)(CC)c2ccc(C(C)C)cc2)cc1. The molecule has 0 bridgehead atoms.